The van der Waals surface area contributed by atoms with Crippen LogP contribution in [0.5, 0.6) is 0 Å². The first-order chi connectivity index (χ1) is 13.5. The van der Waals surface area contributed by atoms with Crippen LogP contribution in [0, 0.1) is 12.7 Å². The van der Waals surface area contributed by atoms with Crippen LogP contribution in [0.15, 0.2) is 82.6 Å². The Kier molecular flexibility index (Phi) is 4.92. The third-order valence-electron chi connectivity index (χ3n) is 4.70. The lowest BCUT2D eigenvalue weighted by Crippen LogP contribution is -2.09. The predicted octanol–water partition coefficient (Wildman–Crippen LogP) is 5.99. The molecule has 4 rings (SSSR count). The van der Waals surface area contributed by atoms with Crippen LogP contribution in [-0.2, 0) is 11.3 Å². The van der Waals surface area contributed by atoms with E-state index in [4.69, 9.17) is 0 Å². The van der Waals surface area contributed by atoms with Crippen molar-refractivity contribution in [2.45, 2.75) is 23.3 Å². The summed E-state index contributed by atoms with van der Waals surface area (Å²) in [5.41, 5.74) is 3.82. The van der Waals surface area contributed by atoms with Gasteiger partial charge in [0, 0.05) is 20.9 Å². The van der Waals surface area contributed by atoms with Crippen molar-refractivity contribution < 1.29 is 14.3 Å². The number of carboxylic acids is 1. The molecule has 4 aromatic rings. The largest absolute Gasteiger partial charge is 0.480 e. The van der Waals surface area contributed by atoms with Gasteiger partial charge in [-0.25, -0.2) is 4.39 Å². The van der Waals surface area contributed by atoms with Gasteiger partial charge in [0.2, 0.25) is 0 Å². The van der Waals surface area contributed by atoms with E-state index in [1.165, 1.54) is 23.9 Å². The number of nitrogens with zero attached hydrogens (tertiary/aromatic N) is 1. The second kappa shape index (κ2) is 7.52. The minimum Gasteiger partial charge on any atom is -0.480 e. The molecule has 28 heavy (non-hydrogen) atoms. The van der Waals surface area contributed by atoms with E-state index >= 15 is 0 Å². The monoisotopic (exact) mass is 391 g/mol. The van der Waals surface area contributed by atoms with Crippen molar-refractivity contribution in [3.05, 3.63) is 84.3 Å². The maximum Gasteiger partial charge on any atom is 0.323 e. The zero-order valence-corrected chi connectivity index (χ0v) is 16.0. The Labute approximate surface area is 166 Å². The van der Waals surface area contributed by atoms with Gasteiger partial charge in [0.25, 0.3) is 0 Å². The highest BCUT2D eigenvalue weighted by Gasteiger charge is 2.17. The molecule has 0 aliphatic carbocycles. The minimum atomic E-state index is -0.923. The lowest BCUT2D eigenvalue weighted by atomic mass is 10.1. The third-order valence-corrected chi connectivity index (χ3v) is 5.93. The van der Waals surface area contributed by atoms with E-state index in [0.717, 1.165) is 37.5 Å². The van der Waals surface area contributed by atoms with Gasteiger partial charge < -0.3 is 9.67 Å². The van der Waals surface area contributed by atoms with Gasteiger partial charge in [-0.15, -0.1) is 0 Å². The lowest BCUT2D eigenvalue weighted by Gasteiger charge is -2.06. The Balaban J connectivity index is 1.72. The quantitative estimate of drug-likeness (QED) is 0.454. The van der Waals surface area contributed by atoms with Crippen molar-refractivity contribution in [2.24, 2.45) is 0 Å². The first-order valence-corrected chi connectivity index (χ1v) is 9.68. The van der Waals surface area contributed by atoms with Crippen molar-refractivity contribution in [2.75, 3.05) is 0 Å². The number of fused-ring (bicyclic) bond motifs is 1. The summed E-state index contributed by atoms with van der Waals surface area (Å²) in [6, 6.07) is 22.8. The maximum atomic E-state index is 13.9. The molecule has 5 heteroatoms. The standard InChI is InChI=1S/C23H18FNO2S/c1-15-23(20-13-18(24)9-12-21(20)25(15)14-22(26)27)28-19-10-7-17(8-11-19)16-5-3-2-4-6-16/h2-13H,14H2,1H3,(H,26,27). The number of carboxylic acid groups (broad SMARTS) is 1. The second-order valence-corrected chi connectivity index (χ2v) is 7.63. The summed E-state index contributed by atoms with van der Waals surface area (Å²) < 4.78 is 15.6. The van der Waals surface area contributed by atoms with Gasteiger partial charge >= 0.3 is 5.97 Å². The fraction of sp³-hybridized carbons (Fsp3) is 0.0870. The number of hydrogen-bond acceptors (Lipinski definition) is 2. The fourth-order valence-corrected chi connectivity index (χ4v) is 4.39. The Morgan fingerprint density at radius 1 is 1.00 bits per heavy atom. The summed E-state index contributed by atoms with van der Waals surface area (Å²) in [4.78, 5) is 13.2. The van der Waals surface area contributed by atoms with Gasteiger partial charge in [0.15, 0.2) is 0 Å². The van der Waals surface area contributed by atoms with Crippen molar-refractivity contribution in [1.82, 2.24) is 4.57 Å². The van der Waals surface area contributed by atoms with E-state index in [1.807, 2.05) is 37.3 Å². The van der Waals surface area contributed by atoms with Gasteiger partial charge in [-0.3, -0.25) is 4.79 Å². The number of rotatable bonds is 5. The molecule has 0 aliphatic rings. The van der Waals surface area contributed by atoms with Gasteiger partial charge in [0.1, 0.15) is 12.4 Å². The Bertz CT molecular complexity index is 1150. The maximum absolute atomic E-state index is 13.9. The van der Waals surface area contributed by atoms with Crippen LogP contribution in [0.25, 0.3) is 22.0 Å². The third kappa shape index (κ3) is 3.53. The molecule has 1 N–H and O–H groups in total. The lowest BCUT2D eigenvalue weighted by molar-refractivity contribution is -0.137. The SMILES string of the molecule is Cc1c(Sc2ccc(-c3ccccc3)cc2)c2cc(F)ccc2n1CC(=O)O. The second-order valence-electron chi connectivity index (χ2n) is 6.55. The molecular formula is C23H18FNO2S. The Hall–Kier alpha value is -3.05. The topological polar surface area (TPSA) is 42.2 Å². The van der Waals surface area contributed by atoms with E-state index in [2.05, 4.69) is 24.3 Å². The highest BCUT2D eigenvalue weighted by atomic mass is 32.2. The van der Waals surface area contributed by atoms with Gasteiger partial charge in [-0.05, 0) is 48.4 Å². The van der Waals surface area contributed by atoms with Crippen LogP contribution in [0.3, 0.4) is 0 Å². The minimum absolute atomic E-state index is 0.151. The van der Waals surface area contributed by atoms with Gasteiger partial charge in [-0.1, -0.05) is 54.2 Å². The summed E-state index contributed by atoms with van der Waals surface area (Å²) in [6.07, 6.45) is 0. The van der Waals surface area contributed by atoms with Crippen LogP contribution >= 0.6 is 11.8 Å². The van der Waals surface area contributed by atoms with Crippen LogP contribution in [0.2, 0.25) is 0 Å². The van der Waals surface area contributed by atoms with Crippen molar-refractivity contribution in [3.63, 3.8) is 0 Å². The van der Waals surface area contributed by atoms with Crippen LogP contribution in [0.4, 0.5) is 4.39 Å². The first kappa shape index (κ1) is 18.3. The van der Waals surface area contributed by atoms with Crippen LogP contribution in [0.1, 0.15) is 5.69 Å². The fourth-order valence-electron chi connectivity index (χ4n) is 3.36. The number of benzene rings is 3. The van der Waals surface area contributed by atoms with Crippen molar-refractivity contribution >= 4 is 28.6 Å². The van der Waals surface area contributed by atoms with E-state index in [-0.39, 0.29) is 12.4 Å². The molecule has 3 nitrogen and oxygen atoms in total. The average molecular weight is 391 g/mol. The summed E-state index contributed by atoms with van der Waals surface area (Å²) in [5, 5.41) is 9.97. The molecule has 0 amide bonds. The molecule has 140 valence electrons. The van der Waals surface area contributed by atoms with Gasteiger partial charge in [0.05, 0.1) is 5.52 Å². The molecule has 0 saturated heterocycles. The Morgan fingerprint density at radius 2 is 1.68 bits per heavy atom. The molecule has 0 fully saturated rings. The van der Waals surface area contributed by atoms with Crippen molar-refractivity contribution in [1.29, 1.82) is 0 Å². The van der Waals surface area contributed by atoms with E-state index in [1.54, 1.807) is 10.6 Å². The normalized spacial score (nSPS) is 11.1. The van der Waals surface area contributed by atoms with E-state index < -0.39 is 5.97 Å². The molecule has 0 radical (unpaired) electrons. The number of halogens is 1. The first-order valence-electron chi connectivity index (χ1n) is 8.86. The predicted molar refractivity (Wildman–Crippen MR) is 110 cm³/mol. The molecule has 0 saturated carbocycles. The number of aliphatic carboxylic acids is 1. The summed E-state index contributed by atoms with van der Waals surface area (Å²) in [6.45, 7) is 1.73. The summed E-state index contributed by atoms with van der Waals surface area (Å²) in [7, 11) is 0. The average Bonchev–Trinajstić information content (AvgIpc) is 2.94. The molecule has 0 atom stereocenters. The molecule has 0 aliphatic heterocycles. The zero-order chi connectivity index (χ0) is 19.7. The smallest absolute Gasteiger partial charge is 0.323 e. The van der Waals surface area contributed by atoms with Crippen molar-refractivity contribution in [3.8, 4) is 11.1 Å². The highest BCUT2D eigenvalue weighted by Crippen LogP contribution is 2.39. The number of carbonyl (C=O) groups is 1. The molecule has 3 aromatic carbocycles. The molecule has 0 unspecified atom stereocenters. The number of hydrogen-bond donors (Lipinski definition) is 1. The zero-order valence-electron chi connectivity index (χ0n) is 15.2. The number of aromatic nitrogens is 1. The van der Waals surface area contributed by atoms with Crippen LogP contribution in [-0.4, -0.2) is 15.6 Å². The summed E-state index contributed by atoms with van der Waals surface area (Å²) >= 11 is 1.52. The van der Waals surface area contributed by atoms with E-state index in [9.17, 15) is 14.3 Å². The molecule has 1 heterocycles. The van der Waals surface area contributed by atoms with Crippen LogP contribution < -0.4 is 0 Å². The van der Waals surface area contributed by atoms with E-state index in [0.29, 0.717) is 0 Å². The highest BCUT2D eigenvalue weighted by molar-refractivity contribution is 7.99. The Morgan fingerprint density at radius 3 is 2.36 bits per heavy atom. The molecule has 0 bridgehead atoms. The molecule has 1 aromatic heterocycles. The molecular weight excluding hydrogens is 373 g/mol. The summed E-state index contributed by atoms with van der Waals surface area (Å²) in [5.74, 6) is -1.26. The molecule has 0 spiro atoms. The van der Waals surface area contributed by atoms with Gasteiger partial charge in [-0.2, -0.15) is 0 Å².